The third kappa shape index (κ3) is 2.74. The van der Waals surface area contributed by atoms with Crippen LogP contribution >= 0.6 is 0 Å². The van der Waals surface area contributed by atoms with E-state index in [9.17, 15) is 29.1 Å². The van der Waals surface area contributed by atoms with Crippen LogP contribution in [-0.4, -0.2) is 46.5 Å². The number of amides is 4. The molecule has 5 rings (SSSR count). The van der Waals surface area contributed by atoms with Crippen LogP contribution < -0.4 is 4.90 Å². The Morgan fingerprint density at radius 2 is 1.45 bits per heavy atom. The zero-order valence-electron chi connectivity index (χ0n) is 17.6. The number of nitrogens with zero attached hydrogens (tertiary/aromatic N) is 2. The van der Waals surface area contributed by atoms with Gasteiger partial charge >= 0.3 is 0 Å². The molecule has 0 aromatic heterocycles. The maximum absolute atomic E-state index is 13.2. The summed E-state index contributed by atoms with van der Waals surface area (Å²) in [6, 6.07) is 13.7. The first-order valence-electron chi connectivity index (χ1n) is 10.0. The molecule has 0 saturated heterocycles. The number of fused-ring (bicyclic) bond motifs is 2. The predicted molar refractivity (Wildman–Crippen MR) is 117 cm³/mol. The molecular formula is C25H16N2O6. The number of carbonyl (C=O) groups is 5. The topological polar surface area (TPSA) is 112 Å². The first-order valence-corrected chi connectivity index (χ1v) is 10.0. The first-order chi connectivity index (χ1) is 15.7. The number of anilines is 1. The molecular weight excluding hydrogens is 424 g/mol. The van der Waals surface area contributed by atoms with Gasteiger partial charge in [0.25, 0.3) is 23.6 Å². The molecule has 0 fully saturated rings. The number of para-hydroxylation sites is 1. The van der Waals surface area contributed by atoms with Gasteiger partial charge in [-0.25, -0.2) is 4.90 Å². The van der Waals surface area contributed by atoms with Gasteiger partial charge < -0.3 is 5.11 Å². The smallest absolute Gasteiger partial charge is 0.266 e. The SMILES string of the molecule is Cc1c(O)c(C(=O)c2ccc3c(c2)C(=O)N(c2ccccc2)C3=O)cc2c1C(=O)N(C)C2=O. The van der Waals surface area contributed by atoms with Crippen molar-refractivity contribution in [1.82, 2.24) is 4.90 Å². The number of ketones is 1. The van der Waals surface area contributed by atoms with Gasteiger partial charge in [0.2, 0.25) is 0 Å². The van der Waals surface area contributed by atoms with E-state index in [4.69, 9.17) is 0 Å². The second kappa shape index (κ2) is 6.96. The number of aromatic hydroxyl groups is 1. The highest BCUT2D eigenvalue weighted by Gasteiger charge is 2.39. The Hall–Kier alpha value is -4.59. The minimum Gasteiger partial charge on any atom is -0.507 e. The molecule has 0 aliphatic carbocycles. The van der Waals surface area contributed by atoms with Crippen LogP contribution in [0.15, 0.2) is 54.6 Å². The summed E-state index contributed by atoms with van der Waals surface area (Å²) in [4.78, 5) is 65.7. The average Bonchev–Trinajstić information content (AvgIpc) is 3.20. The van der Waals surface area contributed by atoms with Gasteiger partial charge in [0.15, 0.2) is 5.78 Å². The summed E-state index contributed by atoms with van der Waals surface area (Å²) >= 11 is 0. The molecule has 3 aromatic rings. The Kier molecular flexibility index (Phi) is 4.29. The highest BCUT2D eigenvalue weighted by atomic mass is 16.3. The van der Waals surface area contributed by atoms with Crippen LogP contribution in [0.2, 0.25) is 0 Å². The zero-order valence-corrected chi connectivity index (χ0v) is 17.6. The molecule has 8 heteroatoms. The summed E-state index contributed by atoms with van der Waals surface area (Å²) in [5, 5.41) is 10.6. The van der Waals surface area contributed by atoms with Crippen molar-refractivity contribution in [2.75, 3.05) is 11.9 Å². The lowest BCUT2D eigenvalue weighted by Gasteiger charge is -2.13. The van der Waals surface area contributed by atoms with Gasteiger partial charge in [-0.15, -0.1) is 0 Å². The highest BCUT2D eigenvalue weighted by molar-refractivity contribution is 6.35. The van der Waals surface area contributed by atoms with Crippen LogP contribution in [-0.2, 0) is 0 Å². The molecule has 3 aromatic carbocycles. The van der Waals surface area contributed by atoms with Crippen molar-refractivity contribution in [2.45, 2.75) is 6.92 Å². The van der Waals surface area contributed by atoms with E-state index in [0.717, 1.165) is 9.80 Å². The van der Waals surface area contributed by atoms with Crippen LogP contribution in [0.4, 0.5) is 5.69 Å². The Morgan fingerprint density at radius 3 is 2.15 bits per heavy atom. The summed E-state index contributed by atoms with van der Waals surface area (Å²) in [5.74, 6) is -3.24. The third-order valence-corrected chi connectivity index (χ3v) is 6.00. The van der Waals surface area contributed by atoms with E-state index in [1.54, 1.807) is 30.3 Å². The lowest BCUT2D eigenvalue weighted by Crippen LogP contribution is -2.29. The highest BCUT2D eigenvalue weighted by Crippen LogP contribution is 2.36. The minimum absolute atomic E-state index is 0.0313. The van der Waals surface area contributed by atoms with Gasteiger partial charge in [-0.05, 0) is 37.3 Å². The molecule has 0 atom stereocenters. The number of phenols is 1. The molecule has 2 aliphatic heterocycles. The van der Waals surface area contributed by atoms with E-state index < -0.39 is 35.2 Å². The molecule has 4 amide bonds. The molecule has 2 heterocycles. The number of phenolic OH excluding ortho intramolecular Hbond substituents is 1. The van der Waals surface area contributed by atoms with Crippen molar-refractivity contribution < 1.29 is 29.1 Å². The molecule has 0 spiro atoms. The van der Waals surface area contributed by atoms with Gasteiger partial charge in [0.05, 0.1) is 33.5 Å². The molecule has 162 valence electrons. The first kappa shape index (κ1) is 20.3. The molecule has 8 nitrogen and oxygen atoms in total. The van der Waals surface area contributed by atoms with Gasteiger partial charge in [-0.2, -0.15) is 0 Å². The van der Waals surface area contributed by atoms with E-state index in [2.05, 4.69) is 0 Å². The number of carbonyl (C=O) groups excluding carboxylic acids is 5. The zero-order chi connectivity index (χ0) is 23.6. The standard InChI is InChI=1S/C25H16N2O6/c1-12-19-17(22(30)26(2)25(19)33)11-18(20(12)28)21(29)13-8-9-15-16(10-13)24(32)27(23(15)31)14-6-4-3-5-7-14/h3-11,28H,1-2H3. The van der Waals surface area contributed by atoms with E-state index in [1.807, 2.05) is 0 Å². The van der Waals surface area contributed by atoms with Gasteiger partial charge in [0, 0.05) is 18.2 Å². The molecule has 33 heavy (non-hydrogen) atoms. The number of hydrogen-bond acceptors (Lipinski definition) is 6. The Bertz CT molecular complexity index is 1440. The number of rotatable bonds is 3. The fourth-order valence-electron chi connectivity index (χ4n) is 4.21. The Morgan fingerprint density at radius 1 is 0.788 bits per heavy atom. The van der Waals surface area contributed by atoms with E-state index >= 15 is 0 Å². The fraction of sp³-hybridized carbons (Fsp3) is 0.0800. The predicted octanol–water partition coefficient (Wildman–Crippen LogP) is 2.96. The summed E-state index contributed by atoms with van der Waals surface area (Å²) in [7, 11) is 1.32. The van der Waals surface area contributed by atoms with Crippen molar-refractivity contribution in [3.05, 3.63) is 93.5 Å². The largest absolute Gasteiger partial charge is 0.507 e. The van der Waals surface area contributed by atoms with Crippen molar-refractivity contribution >= 4 is 35.1 Å². The fourth-order valence-corrected chi connectivity index (χ4v) is 4.21. The summed E-state index contributed by atoms with van der Waals surface area (Å²) < 4.78 is 0. The normalized spacial score (nSPS) is 14.7. The molecule has 0 radical (unpaired) electrons. The van der Waals surface area contributed by atoms with Gasteiger partial charge in [-0.3, -0.25) is 28.9 Å². The van der Waals surface area contributed by atoms with Gasteiger partial charge in [0.1, 0.15) is 5.75 Å². The second-order valence-corrected chi connectivity index (χ2v) is 7.86. The van der Waals surface area contributed by atoms with E-state index in [-0.39, 0.29) is 38.9 Å². The average molecular weight is 440 g/mol. The van der Waals surface area contributed by atoms with Crippen LogP contribution in [0.3, 0.4) is 0 Å². The third-order valence-electron chi connectivity index (χ3n) is 6.00. The maximum atomic E-state index is 13.2. The van der Waals surface area contributed by atoms with Crippen molar-refractivity contribution in [1.29, 1.82) is 0 Å². The maximum Gasteiger partial charge on any atom is 0.266 e. The van der Waals surface area contributed by atoms with Crippen molar-refractivity contribution in [3.63, 3.8) is 0 Å². The summed E-state index contributed by atoms with van der Waals surface area (Å²) in [6.07, 6.45) is 0. The van der Waals surface area contributed by atoms with Crippen LogP contribution in [0.25, 0.3) is 0 Å². The minimum atomic E-state index is -0.644. The quantitative estimate of drug-likeness (QED) is 0.495. The number of hydrogen-bond donors (Lipinski definition) is 1. The Balaban J connectivity index is 1.57. The number of imide groups is 2. The van der Waals surface area contributed by atoms with Crippen molar-refractivity contribution in [3.8, 4) is 5.75 Å². The lowest BCUT2D eigenvalue weighted by molar-refractivity contribution is 0.0691. The van der Waals surface area contributed by atoms with E-state index in [1.165, 1.54) is 38.2 Å². The van der Waals surface area contributed by atoms with Crippen LogP contribution in [0, 0.1) is 6.92 Å². The molecule has 0 unspecified atom stereocenters. The van der Waals surface area contributed by atoms with Crippen molar-refractivity contribution in [2.24, 2.45) is 0 Å². The summed E-state index contributed by atoms with van der Waals surface area (Å²) in [5.41, 5.74) is 0.754. The number of benzene rings is 3. The summed E-state index contributed by atoms with van der Waals surface area (Å²) in [6.45, 7) is 1.46. The monoisotopic (exact) mass is 440 g/mol. The van der Waals surface area contributed by atoms with E-state index in [0.29, 0.717) is 5.69 Å². The van der Waals surface area contributed by atoms with Crippen LogP contribution in [0.5, 0.6) is 5.75 Å². The Labute approximate surface area is 187 Å². The van der Waals surface area contributed by atoms with Gasteiger partial charge in [-0.1, -0.05) is 24.3 Å². The molecule has 0 saturated carbocycles. The lowest BCUT2D eigenvalue weighted by atomic mass is 9.93. The van der Waals surface area contributed by atoms with Crippen LogP contribution in [0.1, 0.15) is 62.9 Å². The molecule has 2 aliphatic rings. The molecule has 0 bridgehead atoms. The second-order valence-electron chi connectivity index (χ2n) is 7.86. The molecule has 1 N–H and O–H groups in total.